The van der Waals surface area contributed by atoms with Crippen molar-refractivity contribution in [2.24, 2.45) is 0 Å². The predicted octanol–water partition coefficient (Wildman–Crippen LogP) is 3.85. The molecule has 8 nitrogen and oxygen atoms in total. The SMILES string of the molecule is C=CC(=O)N1CCN(c2nc(OC3CCN(C)C3)nc3c(F)c(-c4c(O)cccc4F)c(Cl)cc23)CC1. The van der Waals surface area contributed by atoms with Gasteiger partial charge < -0.3 is 24.5 Å². The monoisotopic (exact) mass is 529 g/mol. The number of benzene rings is 2. The minimum Gasteiger partial charge on any atom is -0.507 e. The molecular formula is C26H26ClF2N5O3. The second-order valence-electron chi connectivity index (χ2n) is 9.21. The number of carbonyl (C=O) groups is 1. The Bertz CT molecular complexity index is 1360. The molecule has 1 amide bonds. The van der Waals surface area contributed by atoms with Gasteiger partial charge in [0.15, 0.2) is 5.82 Å². The molecule has 0 radical (unpaired) electrons. The standard InChI is InChI=1S/C26H26ClF2N5O3/c1-3-20(36)33-9-11-34(12-10-33)25-16-13-17(27)21(22-18(28)5-4-6-19(22)35)23(29)24(16)30-26(31-25)37-15-7-8-32(2)14-15/h3-6,13,15,35H,1,7-12,14H2,2H3. The molecule has 1 aromatic heterocycles. The molecule has 3 aromatic rings. The number of phenols is 1. The number of piperazine rings is 1. The van der Waals surface area contributed by atoms with Gasteiger partial charge in [0.05, 0.1) is 10.6 Å². The van der Waals surface area contributed by atoms with Crippen LogP contribution in [0, 0.1) is 11.6 Å². The summed E-state index contributed by atoms with van der Waals surface area (Å²) in [5.41, 5.74) is -0.733. The van der Waals surface area contributed by atoms with Gasteiger partial charge in [-0.1, -0.05) is 24.2 Å². The Morgan fingerprint density at radius 1 is 1.19 bits per heavy atom. The van der Waals surface area contributed by atoms with E-state index in [0.717, 1.165) is 19.0 Å². The lowest BCUT2D eigenvalue weighted by Gasteiger charge is -2.35. The Labute approximate surface area is 217 Å². The van der Waals surface area contributed by atoms with E-state index in [1.807, 2.05) is 11.9 Å². The van der Waals surface area contributed by atoms with Gasteiger partial charge in [0, 0.05) is 50.2 Å². The highest BCUT2D eigenvalue weighted by Gasteiger charge is 2.29. The predicted molar refractivity (Wildman–Crippen MR) is 137 cm³/mol. The van der Waals surface area contributed by atoms with Crippen molar-refractivity contribution in [3.63, 3.8) is 0 Å². The molecule has 5 rings (SSSR count). The molecule has 37 heavy (non-hydrogen) atoms. The summed E-state index contributed by atoms with van der Waals surface area (Å²) in [5, 5.41) is 10.5. The number of aromatic nitrogens is 2. The average molecular weight is 530 g/mol. The highest BCUT2D eigenvalue weighted by atomic mass is 35.5. The van der Waals surface area contributed by atoms with E-state index in [-0.39, 0.29) is 39.7 Å². The Morgan fingerprint density at radius 2 is 1.95 bits per heavy atom. The Hall–Kier alpha value is -3.50. The van der Waals surface area contributed by atoms with Crippen molar-refractivity contribution >= 4 is 34.2 Å². The summed E-state index contributed by atoms with van der Waals surface area (Å²) >= 11 is 6.48. The van der Waals surface area contributed by atoms with Crippen LogP contribution in [0.1, 0.15) is 6.42 Å². The molecule has 2 fully saturated rings. The van der Waals surface area contributed by atoms with E-state index in [0.29, 0.717) is 43.9 Å². The van der Waals surface area contributed by atoms with E-state index in [4.69, 9.17) is 16.3 Å². The fourth-order valence-electron chi connectivity index (χ4n) is 4.85. The number of halogens is 3. The first-order valence-corrected chi connectivity index (χ1v) is 12.3. The van der Waals surface area contributed by atoms with Gasteiger partial charge in [0.25, 0.3) is 0 Å². The maximum Gasteiger partial charge on any atom is 0.319 e. The number of aromatic hydroxyl groups is 1. The van der Waals surface area contributed by atoms with E-state index >= 15 is 4.39 Å². The number of hydrogen-bond donors (Lipinski definition) is 1. The number of hydrogen-bond acceptors (Lipinski definition) is 7. The lowest BCUT2D eigenvalue weighted by Crippen LogP contribution is -2.48. The number of nitrogens with zero attached hydrogens (tertiary/aromatic N) is 5. The van der Waals surface area contributed by atoms with Gasteiger partial charge in [-0.25, -0.2) is 8.78 Å². The minimum atomic E-state index is -0.889. The number of ether oxygens (including phenoxy) is 1. The second-order valence-corrected chi connectivity index (χ2v) is 9.62. The summed E-state index contributed by atoms with van der Waals surface area (Å²) in [4.78, 5) is 26.7. The summed E-state index contributed by atoms with van der Waals surface area (Å²) in [7, 11) is 1.98. The normalized spacial score (nSPS) is 18.4. The highest BCUT2D eigenvalue weighted by molar-refractivity contribution is 6.34. The summed E-state index contributed by atoms with van der Waals surface area (Å²) in [5.74, 6) is -1.90. The zero-order valence-corrected chi connectivity index (χ0v) is 21.0. The van der Waals surface area contributed by atoms with Gasteiger partial charge in [0.2, 0.25) is 5.91 Å². The third kappa shape index (κ3) is 4.78. The number of amides is 1. The number of anilines is 1. The maximum atomic E-state index is 16.1. The van der Waals surface area contributed by atoms with Crippen LogP contribution in [-0.4, -0.2) is 83.2 Å². The van der Waals surface area contributed by atoms with Gasteiger partial charge in [-0.05, 0) is 37.7 Å². The van der Waals surface area contributed by atoms with Crippen LogP contribution in [-0.2, 0) is 4.79 Å². The number of fused-ring (bicyclic) bond motifs is 1. The summed E-state index contributed by atoms with van der Waals surface area (Å²) < 4.78 is 36.8. The molecule has 0 saturated carbocycles. The third-order valence-corrected chi connectivity index (χ3v) is 7.07. The number of rotatable bonds is 5. The lowest BCUT2D eigenvalue weighted by molar-refractivity contribution is -0.126. The molecule has 2 saturated heterocycles. The topological polar surface area (TPSA) is 82.0 Å². The molecule has 0 bridgehead atoms. The van der Waals surface area contributed by atoms with Crippen molar-refractivity contribution in [3.8, 4) is 22.9 Å². The Morgan fingerprint density at radius 3 is 2.59 bits per heavy atom. The van der Waals surface area contributed by atoms with Crippen LogP contribution in [0.25, 0.3) is 22.0 Å². The van der Waals surface area contributed by atoms with Crippen molar-refractivity contribution in [1.82, 2.24) is 19.8 Å². The fraction of sp³-hybridized carbons (Fsp3) is 0.346. The van der Waals surface area contributed by atoms with E-state index in [1.54, 1.807) is 4.90 Å². The molecule has 1 unspecified atom stereocenters. The van der Waals surface area contributed by atoms with Crippen molar-refractivity contribution in [3.05, 3.63) is 53.6 Å². The van der Waals surface area contributed by atoms with Crippen LogP contribution in [0.5, 0.6) is 11.8 Å². The first-order chi connectivity index (χ1) is 17.8. The van der Waals surface area contributed by atoms with Crippen molar-refractivity contribution in [2.75, 3.05) is 51.2 Å². The largest absolute Gasteiger partial charge is 0.507 e. The molecule has 2 aliphatic heterocycles. The second kappa shape index (κ2) is 10.1. The number of likely N-dealkylation sites (tertiary alicyclic amines) is 1. The van der Waals surface area contributed by atoms with Crippen LogP contribution >= 0.6 is 11.6 Å². The van der Waals surface area contributed by atoms with Gasteiger partial charge in [-0.2, -0.15) is 9.97 Å². The molecule has 2 aliphatic rings. The fourth-order valence-corrected chi connectivity index (χ4v) is 5.14. The molecule has 0 spiro atoms. The van der Waals surface area contributed by atoms with E-state index < -0.39 is 17.4 Å². The highest BCUT2D eigenvalue weighted by Crippen LogP contribution is 2.42. The molecule has 3 heterocycles. The van der Waals surface area contributed by atoms with Gasteiger partial charge >= 0.3 is 6.01 Å². The van der Waals surface area contributed by atoms with E-state index in [2.05, 4.69) is 21.4 Å². The summed E-state index contributed by atoms with van der Waals surface area (Å²) in [6.07, 6.45) is 1.88. The summed E-state index contributed by atoms with van der Waals surface area (Å²) in [6.45, 7) is 6.80. The maximum absolute atomic E-state index is 16.1. The first-order valence-electron chi connectivity index (χ1n) is 12.0. The quantitative estimate of drug-likeness (QED) is 0.503. The van der Waals surface area contributed by atoms with E-state index in [9.17, 15) is 14.3 Å². The Kier molecular flexibility index (Phi) is 6.87. The number of likely N-dealkylation sites (N-methyl/N-ethyl adjacent to an activating group) is 1. The molecule has 2 aromatic carbocycles. The van der Waals surface area contributed by atoms with Crippen molar-refractivity contribution in [2.45, 2.75) is 12.5 Å². The van der Waals surface area contributed by atoms with Crippen molar-refractivity contribution in [1.29, 1.82) is 0 Å². The molecule has 194 valence electrons. The van der Waals surface area contributed by atoms with Crippen LogP contribution in [0.2, 0.25) is 5.02 Å². The number of carbonyl (C=O) groups excluding carboxylic acids is 1. The molecule has 1 atom stereocenters. The minimum absolute atomic E-state index is 0.00248. The zero-order chi connectivity index (χ0) is 26.3. The lowest BCUT2D eigenvalue weighted by atomic mass is 10.0. The number of phenolic OH excluding ortho intramolecular Hbond substituents is 1. The molecule has 11 heteroatoms. The molecule has 0 aliphatic carbocycles. The molecular weight excluding hydrogens is 504 g/mol. The van der Waals surface area contributed by atoms with E-state index in [1.165, 1.54) is 24.3 Å². The average Bonchev–Trinajstić information content (AvgIpc) is 3.29. The van der Waals surface area contributed by atoms with Crippen LogP contribution in [0.4, 0.5) is 14.6 Å². The zero-order valence-electron chi connectivity index (χ0n) is 20.3. The van der Waals surface area contributed by atoms with Crippen LogP contribution < -0.4 is 9.64 Å². The van der Waals surface area contributed by atoms with Gasteiger partial charge in [-0.3, -0.25) is 4.79 Å². The third-order valence-electron chi connectivity index (χ3n) is 6.77. The summed E-state index contributed by atoms with van der Waals surface area (Å²) in [6, 6.07) is 5.18. The van der Waals surface area contributed by atoms with Gasteiger partial charge in [0.1, 0.15) is 29.0 Å². The van der Waals surface area contributed by atoms with Crippen molar-refractivity contribution < 1.29 is 23.4 Å². The van der Waals surface area contributed by atoms with Crippen LogP contribution in [0.15, 0.2) is 36.9 Å². The molecule has 1 N–H and O–H groups in total. The first kappa shape index (κ1) is 25.2. The smallest absolute Gasteiger partial charge is 0.319 e. The van der Waals surface area contributed by atoms with Crippen LogP contribution in [0.3, 0.4) is 0 Å². The Balaban J connectivity index is 1.63. The van der Waals surface area contributed by atoms with Gasteiger partial charge in [-0.15, -0.1) is 0 Å².